The Morgan fingerprint density at radius 2 is 1.65 bits per heavy atom. The molecule has 0 N–H and O–H groups in total. The van der Waals surface area contributed by atoms with E-state index in [1.807, 2.05) is 6.08 Å². The molecule has 2 aliphatic carbocycles. The summed E-state index contributed by atoms with van der Waals surface area (Å²) in [5.41, 5.74) is 10.3. The molecule has 164 valence electrons. The van der Waals surface area contributed by atoms with E-state index in [1.165, 1.54) is 50.1 Å². The van der Waals surface area contributed by atoms with Crippen LogP contribution in [0.3, 0.4) is 0 Å². The van der Waals surface area contributed by atoms with E-state index in [0.29, 0.717) is 5.92 Å². The fraction of sp³-hybridized carbons (Fsp3) is 0.156. The predicted molar refractivity (Wildman–Crippen MR) is 142 cm³/mol. The largest absolute Gasteiger partial charge is 0.313 e. The van der Waals surface area contributed by atoms with E-state index in [-0.39, 0.29) is 5.92 Å². The first-order chi connectivity index (χ1) is 16.7. The van der Waals surface area contributed by atoms with E-state index >= 15 is 0 Å². The van der Waals surface area contributed by atoms with Crippen molar-refractivity contribution in [3.63, 3.8) is 0 Å². The molecule has 2 aliphatic rings. The van der Waals surface area contributed by atoms with Crippen molar-refractivity contribution in [1.82, 2.24) is 4.57 Å². The Morgan fingerprint density at radius 3 is 2.44 bits per heavy atom. The molecule has 2 heteroatoms. The molecule has 1 heterocycles. The van der Waals surface area contributed by atoms with Gasteiger partial charge in [0.15, 0.2) is 0 Å². The Kier molecular flexibility index (Phi) is 5.04. The van der Waals surface area contributed by atoms with Gasteiger partial charge in [0.1, 0.15) is 0 Å². The zero-order valence-corrected chi connectivity index (χ0v) is 19.3. The molecule has 0 saturated carbocycles. The minimum Gasteiger partial charge on any atom is -0.313 e. The van der Waals surface area contributed by atoms with Gasteiger partial charge < -0.3 is 4.57 Å². The Balaban J connectivity index is 1.49. The van der Waals surface area contributed by atoms with Gasteiger partial charge in [0.05, 0.1) is 17.5 Å². The summed E-state index contributed by atoms with van der Waals surface area (Å²) < 4.78 is 2.42. The van der Waals surface area contributed by atoms with Crippen LogP contribution in [0.1, 0.15) is 42.5 Å². The third kappa shape index (κ3) is 3.42. The van der Waals surface area contributed by atoms with Gasteiger partial charge >= 0.3 is 0 Å². The summed E-state index contributed by atoms with van der Waals surface area (Å²) in [7, 11) is 0. The zero-order valence-electron chi connectivity index (χ0n) is 19.3. The number of benzene rings is 3. The highest BCUT2D eigenvalue weighted by Gasteiger charge is 2.27. The molecule has 34 heavy (non-hydrogen) atoms. The van der Waals surface area contributed by atoms with E-state index in [0.717, 1.165) is 12.8 Å². The van der Waals surface area contributed by atoms with Crippen LogP contribution in [0.15, 0.2) is 97.1 Å². The van der Waals surface area contributed by atoms with Crippen LogP contribution in [0.5, 0.6) is 0 Å². The van der Waals surface area contributed by atoms with Crippen LogP contribution >= 0.6 is 0 Å². The minimum atomic E-state index is -0.0257. The molecule has 0 aliphatic heterocycles. The fourth-order valence-electron chi connectivity index (χ4n) is 5.46. The van der Waals surface area contributed by atoms with E-state index in [4.69, 9.17) is 0 Å². The van der Waals surface area contributed by atoms with E-state index < -0.39 is 0 Å². The minimum absolute atomic E-state index is 0.0257. The van der Waals surface area contributed by atoms with Gasteiger partial charge in [-0.05, 0) is 59.4 Å². The van der Waals surface area contributed by atoms with Gasteiger partial charge in [0.25, 0.3) is 0 Å². The maximum absolute atomic E-state index is 9.30. The Bertz CT molecular complexity index is 1520. The van der Waals surface area contributed by atoms with Crippen molar-refractivity contribution >= 4 is 28.2 Å². The second-order valence-corrected chi connectivity index (χ2v) is 9.33. The van der Waals surface area contributed by atoms with Gasteiger partial charge in [-0.15, -0.1) is 0 Å². The van der Waals surface area contributed by atoms with Gasteiger partial charge in [0.2, 0.25) is 0 Å². The number of hydrogen-bond donors (Lipinski definition) is 0. The van der Waals surface area contributed by atoms with E-state index in [1.54, 1.807) is 0 Å². The number of fused-ring (bicyclic) bond motifs is 3. The maximum Gasteiger partial charge on any atom is 0.0700 e. The lowest BCUT2D eigenvalue weighted by atomic mass is 9.84. The molecular formula is C32H26N2. The molecule has 3 aromatic carbocycles. The van der Waals surface area contributed by atoms with Crippen LogP contribution in [0.2, 0.25) is 0 Å². The van der Waals surface area contributed by atoms with Crippen molar-refractivity contribution in [2.24, 2.45) is 5.92 Å². The van der Waals surface area contributed by atoms with E-state index in [9.17, 15) is 5.26 Å². The first-order valence-corrected chi connectivity index (χ1v) is 12.0. The average molecular weight is 439 g/mol. The summed E-state index contributed by atoms with van der Waals surface area (Å²) in [6, 6.07) is 30.6. The van der Waals surface area contributed by atoms with Gasteiger partial charge in [-0.1, -0.05) is 85.8 Å². The lowest BCUT2D eigenvalue weighted by molar-refractivity contribution is 0.734. The monoisotopic (exact) mass is 438 g/mol. The van der Waals surface area contributed by atoms with Crippen LogP contribution in [0, 0.1) is 17.2 Å². The summed E-state index contributed by atoms with van der Waals surface area (Å²) in [6.07, 6.45) is 10.6. The highest BCUT2D eigenvalue weighted by atomic mass is 15.0. The summed E-state index contributed by atoms with van der Waals surface area (Å²) in [5, 5.41) is 10.6. The lowest BCUT2D eigenvalue weighted by Gasteiger charge is -2.25. The van der Waals surface area contributed by atoms with E-state index in [2.05, 4.69) is 115 Å². The number of nitriles is 1. The predicted octanol–water partition coefficient (Wildman–Crippen LogP) is 8.30. The maximum atomic E-state index is 9.30. The van der Waals surface area contributed by atoms with Crippen molar-refractivity contribution in [1.29, 1.82) is 5.26 Å². The number of nitrogens with zero attached hydrogens (tertiary/aromatic N) is 2. The smallest absolute Gasteiger partial charge is 0.0700 e. The molecule has 0 saturated heterocycles. The summed E-state index contributed by atoms with van der Waals surface area (Å²) >= 11 is 0. The third-order valence-electron chi connectivity index (χ3n) is 7.11. The number of allylic oxidation sites excluding steroid dienone is 5. The molecule has 0 bridgehead atoms. The number of aromatic nitrogens is 1. The molecule has 4 aromatic rings. The highest BCUT2D eigenvalue weighted by Crippen LogP contribution is 2.44. The topological polar surface area (TPSA) is 28.7 Å². The quantitative estimate of drug-likeness (QED) is 0.316. The van der Waals surface area contributed by atoms with Crippen LogP contribution in [-0.2, 0) is 0 Å². The molecular weight excluding hydrogens is 412 g/mol. The molecule has 0 radical (unpaired) electrons. The van der Waals surface area contributed by atoms with Crippen molar-refractivity contribution in [2.45, 2.75) is 25.7 Å². The van der Waals surface area contributed by atoms with Crippen LogP contribution in [-0.4, -0.2) is 4.57 Å². The Labute approximate surface area is 200 Å². The average Bonchev–Trinajstić information content (AvgIpc) is 3.24. The van der Waals surface area contributed by atoms with Gasteiger partial charge in [-0.3, -0.25) is 0 Å². The molecule has 0 fully saturated rings. The van der Waals surface area contributed by atoms with Crippen molar-refractivity contribution < 1.29 is 0 Å². The number of para-hydroxylation sites is 1. The molecule has 0 amide bonds. The second-order valence-electron chi connectivity index (χ2n) is 9.33. The lowest BCUT2D eigenvalue weighted by Crippen LogP contribution is -2.11. The first-order valence-electron chi connectivity index (χ1n) is 12.0. The normalized spacial score (nSPS) is 19.3. The highest BCUT2D eigenvalue weighted by molar-refractivity contribution is 6.00. The van der Waals surface area contributed by atoms with Gasteiger partial charge in [-0.2, -0.15) is 5.26 Å². The summed E-state index contributed by atoms with van der Waals surface area (Å²) in [5.74, 6) is 0.355. The summed E-state index contributed by atoms with van der Waals surface area (Å²) in [4.78, 5) is 0. The van der Waals surface area contributed by atoms with Crippen LogP contribution < -0.4 is 0 Å². The molecule has 0 spiro atoms. The first kappa shape index (κ1) is 20.5. The zero-order chi connectivity index (χ0) is 23.1. The molecule has 2 atom stereocenters. The van der Waals surface area contributed by atoms with Crippen LogP contribution in [0.25, 0.3) is 39.4 Å². The van der Waals surface area contributed by atoms with Crippen molar-refractivity contribution in [3.8, 4) is 17.2 Å². The number of hydrogen-bond acceptors (Lipinski definition) is 1. The SMILES string of the molecule is CC1CC(c2cccc(-c3ccccc3)c2)=Cc2c1n(C1=CCC(C#N)C=C1)c1ccccc21. The van der Waals surface area contributed by atoms with Gasteiger partial charge in [-0.25, -0.2) is 0 Å². The summed E-state index contributed by atoms with van der Waals surface area (Å²) in [6.45, 7) is 2.34. The third-order valence-corrected chi connectivity index (χ3v) is 7.11. The Morgan fingerprint density at radius 1 is 0.882 bits per heavy atom. The standard InChI is InChI=1S/C32H26N2/c1-22-18-27(26-11-7-10-25(19-26)24-8-3-2-4-9-24)20-30-29-12-5-6-13-31(29)34(32(22)30)28-16-14-23(21-33)15-17-28/h2-14,16-17,19-20,22-23H,15,18H2,1H3. The molecule has 2 unspecified atom stereocenters. The number of rotatable bonds is 3. The van der Waals surface area contributed by atoms with Crippen molar-refractivity contribution in [3.05, 3.63) is 114 Å². The fourth-order valence-corrected chi connectivity index (χ4v) is 5.46. The molecule has 6 rings (SSSR count). The van der Waals surface area contributed by atoms with Crippen molar-refractivity contribution in [2.75, 3.05) is 0 Å². The Hall–Kier alpha value is -4.09. The van der Waals surface area contributed by atoms with Gasteiger partial charge in [0, 0.05) is 28.3 Å². The van der Waals surface area contributed by atoms with Crippen LogP contribution in [0.4, 0.5) is 0 Å². The second kappa shape index (κ2) is 8.36. The molecule has 1 aromatic heterocycles. The molecule has 2 nitrogen and oxygen atoms in total.